The molecule has 2 aromatic carbocycles. The van der Waals surface area contributed by atoms with E-state index in [9.17, 15) is 24.9 Å². The van der Waals surface area contributed by atoms with Crippen LogP contribution in [0.1, 0.15) is 61.9 Å². The van der Waals surface area contributed by atoms with Gasteiger partial charge in [0.25, 0.3) is 0 Å². The van der Waals surface area contributed by atoms with Crippen molar-refractivity contribution in [1.29, 1.82) is 0 Å². The van der Waals surface area contributed by atoms with Crippen molar-refractivity contribution in [2.45, 2.75) is 25.4 Å². The van der Waals surface area contributed by atoms with Crippen LogP contribution in [0.15, 0.2) is 24.3 Å². The van der Waals surface area contributed by atoms with E-state index in [1.807, 2.05) is 0 Å². The molecule has 0 aliphatic heterocycles. The smallest absolute Gasteiger partial charge is 0.198 e. The summed E-state index contributed by atoms with van der Waals surface area (Å²) in [6, 6.07) is 6.33. The summed E-state index contributed by atoms with van der Waals surface area (Å²) in [5.74, 6) is -1.67. The fraction of sp³-hybridized carbons (Fsp3) is 0.222. The van der Waals surface area contributed by atoms with Gasteiger partial charge in [0.2, 0.25) is 0 Å². The van der Waals surface area contributed by atoms with Crippen LogP contribution >= 0.6 is 0 Å². The number of phenols is 2. The van der Waals surface area contributed by atoms with E-state index < -0.39 is 17.7 Å². The Morgan fingerprint density at radius 3 is 2.09 bits per heavy atom. The largest absolute Gasteiger partial charge is 0.507 e. The predicted molar refractivity (Wildman–Crippen MR) is 81.0 cm³/mol. The van der Waals surface area contributed by atoms with E-state index in [0.29, 0.717) is 24.8 Å². The second-order valence-corrected chi connectivity index (χ2v) is 5.95. The second-order valence-electron chi connectivity index (χ2n) is 5.95. The normalized spacial score (nSPS) is 19.1. The minimum atomic E-state index is -0.949. The summed E-state index contributed by atoms with van der Waals surface area (Å²) in [7, 11) is 0. The molecule has 0 spiro atoms. The Bertz CT molecular complexity index is 881. The van der Waals surface area contributed by atoms with Crippen LogP contribution in [-0.2, 0) is 6.42 Å². The van der Waals surface area contributed by atoms with Gasteiger partial charge in [0, 0.05) is 22.3 Å². The van der Waals surface area contributed by atoms with Gasteiger partial charge >= 0.3 is 0 Å². The number of rotatable bonds is 0. The fourth-order valence-corrected chi connectivity index (χ4v) is 3.61. The number of carbonyl (C=O) groups is 2. The summed E-state index contributed by atoms with van der Waals surface area (Å²) >= 11 is 0. The van der Waals surface area contributed by atoms with Crippen LogP contribution in [-0.4, -0.2) is 26.9 Å². The third-order valence-corrected chi connectivity index (χ3v) is 4.70. The van der Waals surface area contributed by atoms with E-state index in [1.54, 1.807) is 12.1 Å². The van der Waals surface area contributed by atoms with Crippen LogP contribution in [0.4, 0.5) is 0 Å². The lowest BCUT2D eigenvalue weighted by Crippen LogP contribution is -2.24. The van der Waals surface area contributed by atoms with E-state index in [1.165, 1.54) is 12.1 Å². The molecule has 1 unspecified atom stereocenters. The van der Waals surface area contributed by atoms with Crippen molar-refractivity contribution in [2.75, 3.05) is 0 Å². The number of hydrogen-bond acceptors (Lipinski definition) is 5. The number of fused-ring (bicyclic) bond motifs is 3. The Hall–Kier alpha value is -2.66. The Kier molecular flexibility index (Phi) is 2.83. The number of benzene rings is 2. The third kappa shape index (κ3) is 1.71. The van der Waals surface area contributed by atoms with Gasteiger partial charge in [0.05, 0.1) is 17.2 Å². The molecular weight excluding hydrogens is 296 g/mol. The molecule has 0 heterocycles. The molecule has 3 N–H and O–H groups in total. The highest BCUT2D eigenvalue weighted by molar-refractivity contribution is 6.30. The van der Waals surface area contributed by atoms with E-state index >= 15 is 0 Å². The van der Waals surface area contributed by atoms with Gasteiger partial charge in [0.15, 0.2) is 11.6 Å². The molecule has 116 valence electrons. The summed E-state index contributed by atoms with van der Waals surface area (Å²) in [5, 5.41) is 31.2. The minimum absolute atomic E-state index is 0.154. The molecule has 0 bridgehead atoms. The fourth-order valence-electron chi connectivity index (χ4n) is 3.61. The molecule has 0 radical (unpaired) electrons. The molecule has 2 aliphatic rings. The first-order chi connectivity index (χ1) is 11.0. The van der Waals surface area contributed by atoms with Crippen molar-refractivity contribution in [3.63, 3.8) is 0 Å². The molecule has 23 heavy (non-hydrogen) atoms. The highest BCUT2D eigenvalue weighted by atomic mass is 16.3. The van der Waals surface area contributed by atoms with E-state index in [-0.39, 0.29) is 39.3 Å². The predicted octanol–water partition coefficient (Wildman–Crippen LogP) is 2.24. The zero-order valence-electron chi connectivity index (χ0n) is 12.2. The van der Waals surface area contributed by atoms with Gasteiger partial charge in [-0.2, -0.15) is 0 Å². The van der Waals surface area contributed by atoms with Gasteiger partial charge in [0.1, 0.15) is 11.5 Å². The van der Waals surface area contributed by atoms with Crippen molar-refractivity contribution in [1.82, 2.24) is 0 Å². The van der Waals surface area contributed by atoms with E-state index in [0.717, 1.165) is 0 Å². The Morgan fingerprint density at radius 1 is 0.913 bits per heavy atom. The van der Waals surface area contributed by atoms with Crippen LogP contribution < -0.4 is 0 Å². The van der Waals surface area contributed by atoms with Gasteiger partial charge in [-0.1, -0.05) is 24.3 Å². The molecule has 0 saturated heterocycles. The molecule has 0 aromatic heterocycles. The zero-order chi connectivity index (χ0) is 16.3. The average molecular weight is 310 g/mol. The molecule has 0 amide bonds. The highest BCUT2D eigenvalue weighted by Gasteiger charge is 2.39. The second kappa shape index (κ2) is 4.67. The van der Waals surface area contributed by atoms with Crippen LogP contribution in [0.5, 0.6) is 11.5 Å². The average Bonchev–Trinajstić information content (AvgIpc) is 2.55. The van der Waals surface area contributed by atoms with Crippen molar-refractivity contribution in [3.8, 4) is 11.5 Å². The maximum absolute atomic E-state index is 12.7. The highest BCUT2D eigenvalue weighted by Crippen LogP contribution is 2.48. The quantitative estimate of drug-likeness (QED) is 0.554. The van der Waals surface area contributed by atoms with E-state index in [4.69, 9.17) is 0 Å². The van der Waals surface area contributed by atoms with Gasteiger partial charge in [-0.15, -0.1) is 0 Å². The number of aliphatic hydroxyl groups is 1. The number of ketones is 2. The molecule has 1 atom stereocenters. The number of aromatic hydroxyl groups is 2. The summed E-state index contributed by atoms with van der Waals surface area (Å²) in [6.45, 7) is 0. The Balaban J connectivity index is 2.10. The number of carbonyl (C=O) groups excluding carboxylic acids is 2. The first-order valence-electron chi connectivity index (χ1n) is 7.49. The lowest BCUT2D eigenvalue weighted by Gasteiger charge is -2.28. The molecule has 2 aromatic rings. The number of phenolic OH excluding ortho intramolecular Hbond substituents is 2. The zero-order valence-corrected chi connectivity index (χ0v) is 12.2. The topological polar surface area (TPSA) is 94.8 Å². The van der Waals surface area contributed by atoms with Gasteiger partial charge < -0.3 is 15.3 Å². The molecule has 2 aliphatic carbocycles. The number of aliphatic hydroxyl groups excluding tert-OH is 1. The van der Waals surface area contributed by atoms with Gasteiger partial charge in [-0.3, -0.25) is 9.59 Å². The van der Waals surface area contributed by atoms with Crippen molar-refractivity contribution < 1.29 is 24.9 Å². The first kappa shape index (κ1) is 14.0. The molecule has 0 saturated carbocycles. The summed E-state index contributed by atoms with van der Waals surface area (Å²) in [4.78, 5) is 25.4. The Labute approximate surface area is 131 Å². The minimum Gasteiger partial charge on any atom is -0.507 e. The van der Waals surface area contributed by atoms with Crippen LogP contribution in [0.3, 0.4) is 0 Å². The molecule has 4 rings (SSSR count). The number of hydrogen-bond donors (Lipinski definition) is 3. The molecule has 5 heteroatoms. The van der Waals surface area contributed by atoms with Crippen LogP contribution in [0.2, 0.25) is 0 Å². The molecular formula is C18H14O5. The summed E-state index contributed by atoms with van der Waals surface area (Å²) in [5.41, 5.74) is 0.597. The monoisotopic (exact) mass is 310 g/mol. The van der Waals surface area contributed by atoms with Crippen molar-refractivity contribution in [3.05, 3.63) is 57.6 Å². The van der Waals surface area contributed by atoms with Crippen molar-refractivity contribution in [2.24, 2.45) is 0 Å². The van der Waals surface area contributed by atoms with Crippen LogP contribution in [0, 0.1) is 0 Å². The maximum atomic E-state index is 12.7. The standard InChI is InChI=1S/C18H14O5/c19-11-7-3-6-10-12(11)18(23)14-13(17(10)22)15(20)8-4-1-2-5-9(8)16(14)21/h1-2,4-5,11,19,22-23H,3,6-7H2. The maximum Gasteiger partial charge on any atom is 0.198 e. The molecule has 5 nitrogen and oxygen atoms in total. The van der Waals surface area contributed by atoms with Gasteiger partial charge in [-0.05, 0) is 19.3 Å². The Morgan fingerprint density at radius 2 is 1.48 bits per heavy atom. The van der Waals surface area contributed by atoms with Crippen LogP contribution in [0.25, 0.3) is 0 Å². The first-order valence-corrected chi connectivity index (χ1v) is 7.49. The van der Waals surface area contributed by atoms with E-state index in [2.05, 4.69) is 0 Å². The lowest BCUT2D eigenvalue weighted by molar-refractivity contribution is 0.0971. The van der Waals surface area contributed by atoms with Crippen molar-refractivity contribution >= 4 is 11.6 Å². The summed E-state index contributed by atoms with van der Waals surface area (Å²) in [6.07, 6.45) is 0.577. The van der Waals surface area contributed by atoms with Gasteiger partial charge in [-0.25, -0.2) is 0 Å². The lowest BCUT2D eigenvalue weighted by atomic mass is 9.77. The third-order valence-electron chi connectivity index (χ3n) is 4.70. The SMILES string of the molecule is O=C1c2ccccc2C(=O)c2c(O)c3c(c(O)c21)CCCC3O. The summed E-state index contributed by atoms with van der Waals surface area (Å²) < 4.78 is 0. The molecule has 0 fully saturated rings.